The van der Waals surface area contributed by atoms with Crippen LogP contribution >= 0.6 is 11.6 Å². The number of hydrogen-bond acceptors (Lipinski definition) is 4. The molecular formula is C32H40ClN3O2. The summed E-state index contributed by atoms with van der Waals surface area (Å²) < 4.78 is 14.6. The molecule has 0 saturated carbocycles. The third kappa shape index (κ3) is 7.30. The predicted molar refractivity (Wildman–Crippen MR) is 159 cm³/mol. The molecule has 0 aliphatic rings. The molecule has 0 unspecified atom stereocenters. The topological polar surface area (TPSA) is 39.5 Å². The van der Waals surface area contributed by atoms with Crippen LogP contribution in [0, 0.1) is 0 Å². The number of aromatic nitrogens is 2. The highest BCUT2D eigenvalue weighted by atomic mass is 35.5. The molecule has 0 aliphatic carbocycles. The van der Waals surface area contributed by atoms with Crippen molar-refractivity contribution in [2.45, 2.75) is 53.0 Å². The van der Waals surface area contributed by atoms with Crippen LogP contribution in [-0.4, -0.2) is 47.3 Å². The summed E-state index contributed by atoms with van der Waals surface area (Å²) in [6, 6.07) is 22.5. The molecule has 0 saturated heterocycles. The van der Waals surface area contributed by atoms with Gasteiger partial charge in [-0.25, -0.2) is 4.98 Å². The van der Waals surface area contributed by atoms with Gasteiger partial charge in [-0.05, 0) is 80.0 Å². The molecule has 1 aromatic heterocycles. The van der Waals surface area contributed by atoms with E-state index in [2.05, 4.69) is 54.5 Å². The maximum Gasteiger partial charge on any atom is 0.147 e. The van der Waals surface area contributed by atoms with E-state index >= 15 is 0 Å². The molecule has 3 aromatic carbocycles. The lowest BCUT2D eigenvalue weighted by Gasteiger charge is -2.17. The number of unbranched alkanes of at least 4 members (excludes halogenated alkanes) is 1. The van der Waals surface area contributed by atoms with Gasteiger partial charge in [-0.3, -0.25) is 0 Å². The number of fused-ring (bicyclic) bond motifs is 1. The number of hydrogen-bond donors (Lipinski definition) is 0. The highest BCUT2D eigenvalue weighted by Crippen LogP contribution is 2.32. The molecule has 1 heterocycles. The lowest BCUT2D eigenvalue weighted by molar-refractivity contribution is 0.250. The number of imidazole rings is 1. The fourth-order valence-electron chi connectivity index (χ4n) is 4.65. The summed E-state index contributed by atoms with van der Waals surface area (Å²) in [5, 5.41) is 0.754. The molecule has 0 radical (unpaired) electrons. The molecule has 202 valence electrons. The van der Waals surface area contributed by atoms with Gasteiger partial charge in [0.1, 0.15) is 22.8 Å². The Hall–Kier alpha value is -3.02. The number of halogens is 1. The van der Waals surface area contributed by atoms with Crippen LogP contribution < -0.4 is 9.47 Å². The fraction of sp³-hybridized carbons (Fsp3) is 0.406. The van der Waals surface area contributed by atoms with E-state index in [9.17, 15) is 0 Å². The van der Waals surface area contributed by atoms with Crippen molar-refractivity contribution in [3.8, 4) is 22.9 Å². The van der Waals surface area contributed by atoms with Gasteiger partial charge in [0.05, 0.1) is 18.7 Å². The Bertz CT molecular complexity index is 1260. The number of nitrogens with zero attached hydrogens (tertiary/aromatic N) is 3. The van der Waals surface area contributed by atoms with E-state index < -0.39 is 0 Å². The first-order valence-electron chi connectivity index (χ1n) is 13.9. The molecule has 0 aliphatic heterocycles. The van der Waals surface area contributed by atoms with E-state index in [1.807, 2.05) is 42.5 Å². The minimum absolute atomic E-state index is 0.616. The van der Waals surface area contributed by atoms with Gasteiger partial charge in [0.25, 0.3) is 0 Å². The van der Waals surface area contributed by atoms with Gasteiger partial charge in [0.2, 0.25) is 0 Å². The van der Waals surface area contributed by atoms with Gasteiger partial charge in [0, 0.05) is 30.1 Å². The monoisotopic (exact) mass is 533 g/mol. The first kappa shape index (κ1) is 28.0. The molecule has 0 fully saturated rings. The van der Waals surface area contributed by atoms with Gasteiger partial charge < -0.3 is 18.9 Å². The average molecular weight is 534 g/mol. The van der Waals surface area contributed by atoms with Gasteiger partial charge in [-0.2, -0.15) is 0 Å². The summed E-state index contributed by atoms with van der Waals surface area (Å²) in [4.78, 5) is 7.52. The quantitative estimate of drug-likeness (QED) is 0.146. The second-order valence-corrected chi connectivity index (χ2v) is 9.98. The lowest BCUT2D eigenvalue weighted by Crippen LogP contribution is -2.25. The number of para-hydroxylation sites is 1. The molecule has 4 rings (SSSR count). The molecule has 38 heavy (non-hydrogen) atoms. The maximum atomic E-state index is 6.24. The zero-order chi connectivity index (χ0) is 26.7. The Kier molecular flexibility index (Phi) is 10.5. The number of benzene rings is 3. The molecule has 0 N–H and O–H groups in total. The first-order valence-corrected chi connectivity index (χ1v) is 14.3. The van der Waals surface area contributed by atoms with Crippen LogP contribution in [0.2, 0.25) is 5.02 Å². The van der Waals surface area contributed by atoms with E-state index in [0.29, 0.717) is 13.2 Å². The van der Waals surface area contributed by atoms with Gasteiger partial charge in [-0.15, -0.1) is 0 Å². The molecule has 0 spiro atoms. The molecule has 4 aromatic rings. The van der Waals surface area contributed by atoms with Gasteiger partial charge >= 0.3 is 0 Å². The number of ether oxygens (including phenoxy) is 2. The Labute approximate surface area is 232 Å². The van der Waals surface area contributed by atoms with Crippen molar-refractivity contribution >= 4 is 22.6 Å². The van der Waals surface area contributed by atoms with Crippen molar-refractivity contribution in [2.24, 2.45) is 0 Å². The van der Waals surface area contributed by atoms with Crippen molar-refractivity contribution < 1.29 is 9.47 Å². The van der Waals surface area contributed by atoms with E-state index in [0.717, 1.165) is 90.8 Å². The van der Waals surface area contributed by atoms with Crippen LogP contribution in [0.25, 0.3) is 22.4 Å². The van der Waals surface area contributed by atoms with Crippen molar-refractivity contribution in [1.82, 2.24) is 14.5 Å². The van der Waals surface area contributed by atoms with E-state index in [-0.39, 0.29) is 0 Å². The summed E-state index contributed by atoms with van der Waals surface area (Å²) in [7, 11) is 0. The first-order chi connectivity index (χ1) is 18.6. The number of aryl methyl sites for hydroxylation is 1. The van der Waals surface area contributed by atoms with Crippen LogP contribution in [0.4, 0.5) is 0 Å². The molecule has 6 heteroatoms. The summed E-state index contributed by atoms with van der Waals surface area (Å²) in [5.74, 6) is 2.69. The van der Waals surface area contributed by atoms with Crippen molar-refractivity contribution in [2.75, 3.05) is 32.8 Å². The van der Waals surface area contributed by atoms with E-state index in [1.54, 1.807) is 0 Å². The summed E-state index contributed by atoms with van der Waals surface area (Å²) >= 11 is 5.98. The second kappa shape index (κ2) is 14.2. The largest absolute Gasteiger partial charge is 0.493 e. The minimum Gasteiger partial charge on any atom is -0.493 e. The highest BCUT2D eigenvalue weighted by molar-refractivity contribution is 6.30. The summed E-state index contributed by atoms with van der Waals surface area (Å²) in [5.41, 5.74) is 4.35. The van der Waals surface area contributed by atoms with Crippen LogP contribution in [0.5, 0.6) is 11.5 Å². The normalized spacial score (nSPS) is 11.4. The second-order valence-electron chi connectivity index (χ2n) is 9.54. The van der Waals surface area contributed by atoms with Crippen LogP contribution in [0.15, 0.2) is 66.7 Å². The SMILES string of the molecule is CCCCn1c(-c2ccc(OCCc3ccc(Cl)cc3)cc2)nc2c(OCCCN(CC)CC)cccc21. The standard InChI is InChI=1S/C32H40ClN3O2/c1-4-7-22-36-29-10-8-11-30(38-23-9-21-35(5-2)6-3)31(29)34-32(36)26-14-18-28(19-15-26)37-24-20-25-12-16-27(33)17-13-25/h8,10-19H,4-7,9,20-24H2,1-3H3. The Morgan fingerprint density at radius 1 is 0.842 bits per heavy atom. The van der Waals surface area contributed by atoms with Gasteiger partial charge in [0.15, 0.2) is 0 Å². The molecule has 0 atom stereocenters. The number of rotatable bonds is 15. The van der Waals surface area contributed by atoms with Crippen LogP contribution in [0.1, 0.15) is 45.6 Å². The van der Waals surface area contributed by atoms with Crippen molar-refractivity contribution in [3.05, 3.63) is 77.3 Å². The Morgan fingerprint density at radius 3 is 2.32 bits per heavy atom. The molecular weight excluding hydrogens is 494 g/mol. The predicted octanol–water partition coefficient (Wildman–Crippen LogP) is 7.89. The third-order valence-electron chi connectivity index (χ3n) is 6.93. The molecule has 5 nitrogen and oxygen atoms in total. The Balaban J connectivity index is 1.48. The summed E-state index contributed by atoms with van der Waals surface area (Å²) in [6.45, 7) is 12.1. The van der Waals surface area contributed by atoms with Gasteiger partial charge in [-0.1, -0.05) is 57.0 Å². The van der Waals surface area contributed by atoms with Crippen LogP contribution in [-0.2, 0) is 13.0 Å². The minimum atomic E-state index is 0.616. The average Bonchev–Trinajstić information content (AvgIpc) is 3.32. The summed E-state index contributed by atoms with van der Waals surface area (Å²) in [6.07, 6.45) is 4.06. The maximum absolute atomic E-state index is 6.24. The highest BCUT2D eigenvalue weighted by Gasteiger charge is 2.16. The van der Waals surface area contributed by atoms with E-state index in [1.165, 1.54) is 5.56 Å². The van der Waals surface area contributed by atoms with Crippen molar-refractivity contribution in [1.29, 1.82) is 0 Å². The zero-order valence-electron chi connectivity index (χ0n) is 23.0. The van der Waals surface area contributed by atoms with Crippen molar-refractivity contribution in [3.63, 3.8) is 0 Å². The fourth-order valence-corrected chi connectivity index (χ4v) is 4.77. The van der Waals surface area contributed by atoms with Crippen LogP contribution in [0.3, 0.4) is 0 Å². The zero-order valence-corrected chi connectivity index (χ0v) is 23.7. The molecule has 0 amide bonds. The lowest BCUT2D eigenvalue weighted by atomic mass is 10.1. The third-order valence-corrected chi connectivity index (χ3v) is 7.19. The molecule has 0 bridgehead atoms. The van der Waals surface area contributed by atoms with E-state index in [4.69, 9.17) is 26.1 Å². The Morgan fingerprint density at radius 2 is 1.61 bits per heavy atom. The smallest absolute Gasteiger partial charge is 0.147 e.